The molecule has 5 heteroatoms. The van der Waals surface area contributed by atoms with E-state index in [4.69, 9.17) is 4.52 Å². The number of hydrogen-bond acceptors (Lipinski definition) is 4. The van der Waals surface area contributed by atoms with Gasteiger partial charge >= 0.3 is 0 Å². The molecule has 0 aliphatic rings. The first-order valence-electron chi connectivity index (χ1n) is 5.85. The largest absolute Gasteiger partial charge is 0.379 e. The summed E-state index contributed by atoms with van der Waals surface area (Å²) in [5.74, 6) is -0.226. The predicted octanol–water partition coefficient (Wildman–Crippen LogP) is 2.31. The lowest BCUT2D eigenvalue weighted by molar-refractivity contribution is -0.119. The van der Waals surface area contributed by atoms with Gasteiger partial charge in [-0.3, -0.25) is 9.36 Å². The molecule has 18 heavy (non-hydrogen) atoms. The van der Waals surface area contributed by atoms with Crippen molar-refractivity contribution >= 4 is 18.5 Å². The normalized spacial score (nSPS) is 17.8. The van der Waals surface area contributed by atoms with E-state index in [2.05, 4.69) is 0 Å². The number of hydrogen-bond donors (Lipinski definition) is 1. The van der Waals surface area contributed by atoms with E-state index in [1.54, 1.807) is 37.3 Å². The summed E-state index contributed by atoms with van der Waals surface area (Å²) in [7, 11) is -3.49. The van der Waals surface area contributed by atoms with Crippen LogP contribution >= 0.6 is 7.37 Å². The number of ketones is 1. The average molecular weight is 270 g/mol. The van der Waals surface area contributed by atoms with Gasteiger partial charge in [0.25, 0.3) is 7.37 Å². The van der Waals surface area contributed by atoms with Gasteiger partial charge in [0.1, 0.15) is 11.1 Å². The van der Waals surface area contributed by atoms with Gasteiger partial charge in [0.15, 0.2) is 0 Å². The van der Waals surface area contributed by atoms with Gasteiger partial charge in [0, 0.05) is 11.7 Å². The molecule has 1 N–H and O–H groups in total. The molecule has 0 saturated heterocycles. The molecule has 0 spiro atoms. The quantitative estimate of drug-likeness (QED) is 0.806. The highest BCUT2D eigenvalue weighted by atomic mass is 31.2. The van der Waals surface area contributed by atoms with Gasteiger partial charge in [-0.1, -0.05) is 18.2 Å². The average Bonchev–Trinajstić information content (AvgIpc) is 2.28. The molecule has 1 aromatic rings. The van der Waals surface area contributed by atoms with Crippen LogP contribution in [0.4, 0.5) is 0 Å². The lowest BCUT2D eigenvalue weighted by Gasteiger charge is -2.32. The Balaban J connectivity index is 3.23. The fourth-order valence-corrected chi connectivity index (χ4v) is 4.22. The van der Waals surface area contributed by atoms with Crippen LogP contribution in [0, 0.1) is 0 Å². The minimum atomic E-state index is -3.49. The van der Waals surface area contributed by atoms with Crippen molar-refractivity contribution < 1.29 is 19.0 Å². The molecule has 0 unspecified atom stereocenters. The smallest absolute Gasteiger partial charge is 0.262 e. The second kappa shape index (κ2) is 5.79. The Morgan fingerprint density at radius 3 is 2.39 bits per heavy atom. The fourth-order valence-electron chi connectivity index (χ4n) is 1.87. The van der Waals surface area contributed by atoms with Crippen LogP contribution < -0.4 is 5.30 Å². The van der Waals surface area contributed by atoms with E-state index in [-0.39, 0.29) is 18.8 Å². The minimum Gasteiger partial charge on any atom is -0.379 e. The molecule has 0 aliphatic heterocycles. The Kier molecular flexibility index (Phi) is 4.85. The monoisotopic (exact) mass is 270 g/mol. The third kappa shape index (κ3) is 3.08. The molecule has 2 atom stereocenters. The van der Waals surface area contributed by atoms with Crippen LogP contribution in [0.3, 0.4) is 0 Å². The number of Topliss-reactive ketones (excluding diaryl/α,β-unsaturated/α-hetero) is 1. The summed E-state index contributed by atoms with van der Waals surface area (Å²) < 4.78 is 18.3. The molecule has 0 heterocycles. The van der Waals surface area contributed by atoms with Gasteiger partial charge in [-0.15, -0.1) is 0 Å². The van der Waals surface area contributed by atoms with E-state index < -0.39 is 12.7 Å². The van der Waals surface area contributed by atoms with Crippen LogP contribution in [-0.4, -0.2) is 22.8 Å². The molecule has 1 aromatic carbocycles. The highest BCUT2D eigenvalue weighted by Crippen LogP contribution is 2.58. The van der Waals surface area contributed by atoms with Crippen molar-refractivity contribution in [1.29, 1.82) is 0 Å². The zero-order valence-electron chi connectivity index (χ0n) is 10.9. The summed E-state index contributed by atoms with van der Waals surface area (Å²) in [5.41, 5.74) is 0. The van der Waals surface area contributed by atoms with E-state index in [1.807, 2.05) is 0 Å². The Morgan fingerprint density at radius 1 is 1.39 bits per heavy atom. The van der Waals surface area contributed by atoms with Crippen LogP contribution in [0.15, 0.2) is 30.3 Å². The van der Waals surface area contributed by atoms with Crippen molar-refractivity contribution in [3.63, 3.8) is 0 Å². The van der Waals surface area contributed by atoms with Crippen molar-refractivity contribution in [1.82, 2.24) is 0 Å². The Bertz CT molecular complexity index is 453. The molecule has 4 nitrogen and oxygen atoms in total. The topological polar surface area (TPSA) is 63.6 Å². The molecule has 0 radical (unpaired) electrons. The van der Waals surface area contributed by atoms with Crippen LogP contribution in [0.2, 0.25) is 0 Å². The molecule has 0 saturated carbocycles. The van der Waals surface area contributed by atoms with Crippen LogP contribution in [0.5, 0.6) is 0 Å². The molecule has 0 aromatic heterocycles. The molecule has 0 aliphatic carbocycles. The number of aliphatic hydroxyl groups is 1. The maximum atomic E-state index is 12.9. The number of rotatable bonds is 6. The lowest BCUT2D eigenvalue weighted by Crippen LogP contribution is -2.33. The molecule has 1 rings (SSSR count). The predicted molar refractivity (Wildman–Crippen MR) is 71.2 cm³/mol. The second-order valence-corrected chi connectivity index (χ2v) is 7.24. The number of carbonyl (C=O) groups is 1. The molecule has 100 valence electrons. The lowest BCUT2D eigenvalue weighted by atomic mass is 10.2. The van der Waals surface area contributed by atoms with Crippen LogP contribution in [-0.2, 0) is 13.9 Å². The Morgan fingerprint density at radius 2 is 1.94 bits per heavy atom. The first kappa shape index (κ1) is 15.1. The van der Waals surface area contributed by atoms with E-state index in [9.17, 15) is 14.5 Å². The van der Waals surface area contributed by atoms with Gasteiger partial charge in [-0.05, 0) is 32.9 Å². The van der Waals surface area contributed by atoms with Crippen molar-refractivity contribution in [3.05, 3.63) is 30.3 Å². The van der Waals surface area contributed by atoms with Crippen molar-refractivity contribution in [2.24, 2.45) is 0 Å². The summed E-state index contributed by atoms with van der Waals surface area (Å²) in [5, 5.41) is 9.12. The van der Waals surface area contributed by atoms with Gasteiger partial charge in [0.05, 0.1) is 6.61 Å². The summed E-state index contributed by atoms with van der Waals surface area (Å²) in [6.45, 7) is 4.66. The first-order chi connectivity index (χ1) is 8.33. The Hall–Kier alpha value is -0.960. The van der Waals surface area contributed by atoms with Crippen LogP contribution in [0.1, 0.15) is 27.2 Å². The maximum Gasteiger partial charge on any atom is 0.262 e. The van der Waals surface area contributed by atoms with Gasteiger partial charge in [-0.25, -0.2) is 0 Å². The summed E-state index contributed by atoms with van der Waals surface area (Å²) in [6, 6.07) is 8.53. The molecular formula is C13H19O4P. The van der Waals surface area contributed by atoms with Gasteiger partial charge < -0.3 is 9.63 Å². The van der Waals surface area contributed by atoms with E-state index in [0.29, 0.717) is 5.30 Å². The Labute approximate surface area is 107 Å². The van der Waals surface area contributed by atoms with Crippen molar-refractivity contribution in [2.45, 2.75) is 32.5 Å². The summed E-state index contributed by atoms with van der Waals surface area (Å²) >= 11 is 0. The number of carbonyl (C=O) groups excluding carboxylic acids is 1. The first-order valence-corrected chi connectivity index (χ1v) is 7.48. The van der Waals surface area contributed by atoms with E-state index >= 15 is 0 Å². The maximum absolute atomic E-state index is 12.9. The van der Waals surface area contributed by atoms with Gasteiger partial charge in [0.2, 0.25) is 0 Å². The second-order valence-electron chi connectivity index (χ2n) is 4.40. The van der Waals surface area contributed by atoms with Gasteiger partial charge in [-0.2, -0.15) is 0 Å². The standard InChI is InChI=1S/C13H19O4P/c1-4-17-18(16,12-8-6-5-7-9-12)13(3,15)10-11(2)14/h5-9,15H,4,10H2,1-3H3/t13-,18+/m0/s1. The van der Waals surface area contributed by atoms with Crippen molar-refractivity contribution in [2.75, 3.05) is 6.61 Å². The summed E-state index contributed by atoms with van der Waals surface area (Å²) in [6.07, 6.45) is -0.195. The number of benzene rings is 1. The SMILES string of the molecule is CCO[P@](=O)(c1ccccc1)[C@](C)(O)CC(C)=O. The highest BCUT2D eigenvalue weighted by Gasteiger charge is 2.46. The zero-order chi connectivity index (χ0) is 13.8. The molecule has 0 amide bonds. The van der Waals surface area contributed by atoms with E-state index in [0.717, 1.165) is 0 Å². The van der Waals surface area contributed by atoms with E-state index in [1.165, 1.54) is 13.8 Å². The molecular weight excluding hydrogens is 251 g/mol. The molecule has 0 fully saturated rings. The summed E-state index contributed by atoms with van der Waals surface area (Å²) in [4.78, 5) is 11.2. The zero-order valence-corrected chi connectivity index (χ0v) is 11.8. The van der Waals surface area contributed by atoms with Crippen molar-refractivity contribution in [3.8, 4) is 0 Å². The highest BCUT2D eigenvalue weighted by molar-refractivity contribution is 7.68. The van der Waals surface area contributed by atoms with Crippen LogP contribution in [0.25, 0.3) is 0 Å². The fraction of sp³-hybridized carbons (Fsp3) is 0.462. The molecule has 0 bridgehead atoms. The third-order valence-corrected chi connectivity index (χ3v) is 5.65. The third-order valence-electron chi connectivity index (χ3n) is 2.63. The minimum absolute atomic E-state index is 0.195.